The van der Waals surface area contributed by atoms with Gasteiger partial charge in [0.25, 0.3) is 5.91 Å². The number of nitrogen functional groups attached to an aromatic ring is 1. The van der Waals surface area contributed by atoms with Crippen LogP contribution in [0.25, 0.3) is 11.1 Å². The molecule has 7 heteroatoms. The molecule has 1 atom stereocenters. The average molecular weight is 442 g/mol. The Morgan fingerprint density at radius 1 is 1.06 bits per heavy atom. The Balaban J connectivity index is 1.51. The number of amides is 1. The van der Waals surface area contributed by atoms with E-state index in [0.29, 0.717) is 22.8 Å². The predicted molar refractivity (Wildman–Crippen MR) is 130 cm³/mol. The number of hydrogen-bond acceptors (Lipinski definition) is 5. The fourth-order valence-corrected chi connectivity index (χ4v) is 3.71. The van der Waals surface area contributed by atoms with Gasteiger partial charge in [-0.25, -0.2) is 4.98 Å². The van der Waals surface area contributed by atoms with Crippen molar-refractivity contribution in [1.82, 2.24) is 14.8 Å². The molecule has 0 fully saturated rings. The second-order valence-corrected chi connectivity index (χ2v) is 8.23. The van der Waals surface area contributed by atoms with Gasteiger partial charge in [0, 0.05) is 41.8 Å². The van der Waals surface area contributed by atoms with Crippen molar-refractivity contribution >= 4 is 17.4 Å². The van der Waals surface area contributed by atoms with Crippen molar-refractivity contribution in [3.63, 3.8) is 0 Å². The molecule has 33 heavy (non-hydrogen) atoms. The SMILES string of the molecule is Cc1cc(C)cc(C(=O)Nc2cccc([C@@H](C)Oc3cc(-c4cnn(C)c4)cnc3N)c2)c1. The van der Waals surface area contributed by atoms with Gasteiger partial charge >= 0.3 is 0 Å². The number of nitrogens with zero attached hydrogens (tertiary/aromatic N) is 3. The summed E-state index contributed by atoms with van der Waals surface area (Å²) in [5.74, 6) is 0.660. The lowest BCUT2D eigenvalue weighted by molar-refractivity contribution is 0.102. The second-order valence-electron chi connectivity index (χ2n) is 8.23. The summed E-state index contributed by atoms with van der Waals surface area (Å²) in [4.78, 5) is 17.0. The van der Waals surface area contributed by atoms with Crippen LogP contribution in [-0.2, 0) is 7.05 Å². The molecule has 0 aliphatic rings. The number of hydrogen-bond donors (Lipinski definition) is 2. The Bertz CT molecular complexity index is 1290. The lowest BCUT2D eigenvalue weighted by Gasteiger charge is -2.18. The Hall–Kier alpha value is -4.13. The standard InChI is InChI=1S/C26H27N5O2/c1-16-8-17(2)10-20(9-16)26(32)30-23-7-5-6-19(11-23)18(3)33-24-12-21(13-28-25(24)27)22-14-29-31(4)15-22/h5-15,18H,1-4H3,(H2,27,28)(H,30,32)/t18-/m1/s1. The number of carbonyl (C=O) groups excluding carboxylic acids is 1. The van der Waals surface area contributed by atoms with E-state index in [0.717, 1.165) is 27.8 Å². The van der Waals surface area contributed by atoms with Crippen molar-refractivity contribution < 1.29 is 9.53 Å². The molecule has 1 amide bonds. The topological polar surface area (TPSA) is 95.1 Å². The van der Waals surface area contributed by atoms with Gasteiger partial charge in [-0.15, -0.1) is 0 Å². The number of nitrogens with two attached hydrogens (primary N) is 1. The van der Waals surface area contributed by atoms with Crippen molar-refractivity contribution in [2.24, 2.45) is 7.05 Å². The number of carbonyl (C=O) groups is 1. The van der Waals surface area contributed by atoms with Crippen molar-refractivity contribution in [3.8, 4) is 16.9 Å². The molecule has 0 aliphatic carbocycles. The van der Waals surface area contributed by atoms with Gasteiger partial charge in [-0.3, -0.25) is 9.48 Å². The minimum absolute atomic E-state index is 0.148. The summed E-state index contributed by atoms with van der Waals surface area (Å²) in [6.07, 6.45) is 5.06. The number of rotatable bonds is 6. The zero-order valence-electron chi connectivity index (χ0n) is 19.2. The van der Waals surface area contributed by atoms with Crippen LogP contribution in [0.15, 0.2) is 67.1 Å². The molecule has 2 heterocycles. The Kier molecular flexibility index (Phi) is 6.13. The van der Waals surface area contributed by atoms with Crippen LogP contribution in [0.4, 0.5) is 11.5 Å². The highest BCUT2D eigenvalue weighted by molar-refractivity contribution is 6.04. The highest BCUT2D eigenvalue weighted by Gasteiger charge is 2.14. The second kappa shape index (κ2) is 9.16. The molecule has 168 valence electrons. The molecule has 4 aromatic rings. The van der Waals surface area contributed by atoms with E-state index < -0.39 is 0 Å². The van der Waals surface area contributed by atoms with E-state index in [1.165, 1.54) is 0 Å². The van der Waals surface area contributed by atoms with Gasteiger partial charge in [-0.1, -0.05) is 29.3 Å². The number of benzene rings is 2. The molecule has 0 unspecified atom stereocenters. The summed E-state index contributed by atoms with van der Waals surface area (Å²) >= 11 is 0. The number of aryl methyl sites for hydroxylation is 3. The van der Waals surface area contributed by atoms with Crippen molar-refractivity contribution in [2.45, 2.75) is 26.9 Å². The molecule has 2 aromatic carbocycles. The maximum atomic E-state index is 12.7. The lowest BCUT2D eigenvalue weighted by atomic mass is 10.1. The van der Waals surface area contributed by atoms with E-state index >= 15 is 0 Å². The van der Waals surface area contributed by atoms with Gasteiger partial charge in [0.1, 0.15) is 6.10 Å². The minimum Gasteiger partial charge on any atom is -0.482 e. The summed E-state index contributed by atoms with van der Waals surface area (Å²) in [6, 6.07) is 15.3. The van der Waals surface area contributed by atoms with Crippen LogP contribution in [-0.4, -0.2) is 20.7 Å². The molecule has 0 aliphatic heterocycles. The summed E-state index contributed by atoms with van der Waals surface area (Å²) in [5, 5.41) is 7.18. The maximum Gasteiger partial charge on any atom is 0.255 e. The zero-order chi connectivity index (χ0) is 23.5. The van der Waals surface area contributed by atoms with E-state index in [4.69, 9.17) is 10.5 Å². The predicted octanol–water partition coefficient (Wildman–Crippen LogP) is 5.07. The molecule has 0 saturated carbocycles. The third-order valence-corrected chi connectivity index (χ3v) is 5.32. The number of ether oxygens (including phenoxy) is 1. The smallest absolute Gasteiger partial charge is 0.255 e. The van der Waals surface area contributed by atoms with Crippen LogP contribution in [0.5, 0.6) is 5.75 Å². The Morgan fingerprint density at radius 2 is 1.82 bits per heavy atom. The molecule has 3 N–H and O–H groups in total. The quantitative estimate of drug-likeness (QED) is 0.435. The first-order valence-corrected chi connectivity index (χ1v) is 10.7. The monoisotopic (exact) mass is 441 g/mol. The summed E-state index contributed by atoms with van der Waals surface area (Å²) in [5.41, 5.74) is 12.2. The summed E-state index contributed by atoms with van der Waals surface area (Å²) < 4.78 is 7.88. The molecular formula is C26H27N5O2. The van der Waals surface area contributed by atoms with Crippen LogP contribution in [0.1, 0.15) is 40.1 Å². The van der Waals surface area contributed by atoms with E-state index in [1.54, 1.807) is 17.1 Å². The van der Waals surface area contributed by atoms with E-state index in [1.807, 2.05) is 82.5 Å². The average Bonchev–Trinajstić information content (AvgIpc) is 3.21. The summed E-state index contributed by atoms with van der Waals surface area (Å²) in [6.45, 7) is 5.89. The van der Waals surface area contributed by atoms with Gasteiger partial charge in [0.2, 0.25) is 0 Å². The number of pyridine rings is 1. The van der Waals surface area contributed by atoms with Crippen molar-refractivity contribution in [3.05, 3.63) is 89.4 Å². The first-order chi connectivity index (χ1) is 15.8. The van der Waals surface area contributed by atoms with Gasteiger partial charge < -0.3 is 15.8 Å². The number of anilines is 2. The Labute approximate surface area is 193 Å². The number of nitrogens with one attached hydrogen (secondary N) is 1. The molecular weight excluding hydrogens is 414 g/mol. The lowest BCUT2D eigenvalue weighted by Crippen LogP contribution is -2.13. The van der Waals surface area contributed by atoms with Crippen molar-refractivity contribution in [1.29, 1.82) is 0 Å². The number of aromatic nitrogens is 3. The van der Waals surface area contributed by atoms with Crippen molar-refractivity contribution in [2.75, 3.05) is 11.1 Å². The minimum atomic E-state index is -0.309. The fourth-order valence-electron chi connectivity index (χ4n) is 3.71. The van der Waals surface area contributed by atoms with Crippen LogP contribution < -0.4 is 15.8 Å². The van der Waals surface area contributed by atoms with Gasteiger partial charge in [-0.2, -0.15) is 5.10 Å². The van der Waals surface area contributed by atoms with Crippen LogP contribution >= 0.6 is 0 Å². The largest absolute Gasteiger partial charge is 0.482 e. The van der Waals surface area contributed by atoms with Gasteiger partial charge in [0.15, 0.2) is 11.6 Å². The van der Waals surface area contributed by atoms with Crippen LogP contribution in [0.2, 0.25) is 0 Å². The first-order valence-electron chi connectivity index (χ1n) is 10.7. The molecule has 4 rings (SSSR count). The van der Waals surface area contributed by atoms with E-state index in [-0.39, 0.29) is 12.0 Å². The van der Waals surface area contributed by atoms with E-state index in [2.05, 4.69) is 15.4 Å². The normalized spacial score (nSPS) is 11.8. The van der Waals surface area contributed by atoms with E-state index in [9.17, 15) is 4.79 Å². The highest BCUT2D eigenvalue weighted by Crippen LogP contribution is 2.31. The Morgan fingerprint density at radius 3 is 2.52 bits per heavy atom. The molecule has 0 spiro atoms. The molecule has 2 aromatic heterocycles. The van der Waals surface area contributed by atoms with Gasteiger partial charge in [0.05, 0.1) is 6.20 Å². The molecule has 0 bridgehead atoms. The third-order valence-electron chi connectivity index (χ3n) is 5.32. The molecule has 0 saturated heterocycles. The zero-order valence-corrected chi connectivity index (χ0v) is 19.2. The molecule has 7 nitrogen and oxygen atoms in total. The van der Waals surface area contributed by atoms with Crippen LogP contribution in [0, 0.1) is 13.8 Å². The first kappa shape index (κ1) is 22.1. The van der Waals surface area contributed by atoms with Crippen LogP contribution in [0.3, 0.4) is 0 Å². The van der Waals surface area contributed by atoms with Gasteiger partial charge in [-0.05, 0) is 56.7 Å². The maximum absolute atomic E-state index is 12.7. The molecule has 0 radical (unpaired) electrons. The third kappa shape index (κ3) is 5.20. The highest BCUT2D eigenvalue weighted by atomic mass is 16.5. The summed E-state index contributed by atoms with van der Waals surface area (Å²) in [7, 11) is 1.86. The fraction of sp³-hybridized carbons (Fsp3) is 0.192.